The SMILES string of the molecule is O=C(O)c1nc(CO)n2c(O)cccc12. The van der Waals surface area contributed by atoms with Crippen molar-refractivity contribution >= 4 is 11.5 Å². The summed E-state index contributed by atoms with van der Waals surface area (Å²) in [5, 5.41) is 27.3. The molecule has 0 aliphatic heterocycles. The first-order chi connectivity index (χ1) is 7.15. The molecule has 0 saturated heterocycles. The number of aromatic carboxylic acids is 1. The molecule has 0 aliphatic carbocycles. The molecule has 6 heteroatoms. The highest BCUT2D eigenvalue weighted by Crippen LogP contribution is 2.19. The zero-order valence-electron chi connectivity index (χ0n) is 7.58. The molecule has 3 N–H and O–H groups in total. The van der Waals surface area contributed by atoms with Crippen molar-refractivity contribution in [2.24, 2.45) is 0 Å². The molecule has 0 saturated carbocycles. The summed E-state index contributed by atoms with van der Waals surface area (Å²) < 4.78 is 1.20. The minimum Gasteiger partial charge on any atom is -0.494 e. The van der Waals surface area contributed by atoms with Crippen molar-refractivity contribution in [3.05, 3.63) is 29.7 Å². The van der Waals surface area contributed by atoms with Crippen LogP contribution in [-0.4, -0.2) is 30.7 Å². The summed E-state index contributed by atoms with van der Waals surface area (Å²) >= 11 is 0. The van der Waals surface area contributed by atoms with Crippen LogP contribution in [0.1, 0.15) is 16.3 Å². The van der Waals surface area contributed by atoms with Gasteiger partial charge in [-0.3, -0.25) is 4.40 Å². The number of imidazole rings is 1. The Balaban J connectivity index is 2.87. The van der Waals surface area contributed by atoms with Gasteiger partial charge >= 0.3 is 5.97 Å². The van der Waals surface area contributed by atoms with Crippen molar-refractivity contribution in [1.29, 1.82) is 0 Å². The highest BCUT2D eigenvalue weighted by Gasteiger charge is 2.17. The van der Waals surface area contributed by atoms with Gasteiger partial charge in [0, 0.05) is 0 Å². The molecule has 2 rings (SSSR count). The second kappa shape index (κ2) is 3.25. The zero-order chi connectivity index (χ0) is 11.0. The molecule has 0 spiro atoms. The average Bonchev–Trinajstić information content (AvgIpc) is 2.58. The van der Waals surface area contributed by atoms with E-state index in [9.17, 15) is 9.90 Å². The third-order valence-corrected chi connectivity index (χ3v) is 2.05. The topological polar surface area (TPSA) is 95.1 Å². The van der Waals surface area contributed by atoms with Crippen molar-refractivity contribution in [3.63, 3.8) is 0 Å². The summed E-state index contributed by atoms with van der Waals surface area (Å²) in [6.07, 6.45) is 0. The maximum Gasteiger partial charge on any atom is 0.356 e. The summed E-state index contributed by atoms with van der Waals surface area (Å²) in [5.41, 5.74) is 0.0708. The number of carboxylic acid groups (broad SMARTS) is 1. The number of hydrogen-bond donors (Lipinski definition) is 3. The predicted molar refractivity (Wildman–Crippen MR) is 49.7 cm³/mol. The first-order valence-electron chi connectivity index (χ1n) is 4.18. The number of carbonyl (C=O) groups is 1. The lowest BCUT2D eigenvalue weighted by molar-refractivity contribution is 0.0693. The molecule has 2 heterocycles. The molecule has 0 atom stereocenters. The summed E-state index contributed by atoms with van der Waals surface area (Å²) in [7, 11) is 0. The molecule has 2 aromatic rings. The van der Waals surface area contributed by atoms with Crippen molar-refractivity contribution in [2.75, 3.05) is 0 Å². The molecular formula is C9H8N2O4. The van der Waals surface area contributed by atoms with Gasteiger partial charge in [0.15, 0.2) is 11.6 Å². The third-order valence-electron chi connectivity index (χ3n) is 2.05. The lowest BCUT2D eigenvalue weighted by Gasteiger charge is -2.00. The van der Waals surface area contributed by atoms with Gasteiger partial charge in [-0.15, -0.1) is 0 Å². The largest absolute Gasteiger partial charge is 0.494 e. The van der Waals surface area contributed by atoms with Crippen LogP contribution >= 0.6 is 0 Å². The Morgan fingerprint density at radius 1 is 1.47 bits per heavy atom. The first kappa shape index (κ1) is 9.47. The Morgan fingerprint density at radius 2 is 2.20 bits per heavy atom. The van der Waals surface area contributed by atoms with E-state index in [-0.39, 0.29) is 22.9 Å². The Labute approximate surface area is 84.0 Å². The molecule has 0 aromatic carbocycles. The lowest BCUT2D eigenvalue weighted by Crippen LogP contribution is -1.97. The van der Waals surface area contributed by atoms with Crippen LogP contribution in [-0.2, 0) is 6.61 Å². The van der Waals surface area contributed by atoms with E-state index in [4.69, 9.17) is 10.2 Å². The number of fused-ring (bicyclic) bond motifs is 1. The van der Waals surface area contributed by atoms with E-state index in [2.05, 4.69) is 4.98 Å². The van der Waals surface area contributed by atoms with Gasteiger partial charge in [-0.2, -0.15) is 0 Å². The number of aromatic hydroxyl groups is 1. The smallest absolute Gasteiger partial charge is 0.356 e. The van der Waals surface area contributed by atoms with E-state index >= 15 is 0 Å². The zero-order valence-corrected chi connectivity index (χ0v) is 7.58. The molecule has 2 aromatic heterocycles. The molecule has 0 amide bonds. The number of rotatable bonds is 2. The van der Waals surface area contributed by atoms with Crippen LogP contribution in [0.3, 0.4) is 0 Å². The maximum atomic E-state index is 10.8. The fraction of sp³-hybridized carbons (Fsp3) is 0.111. The van der Waals surface area contributed by atoms with E-state index < -0.39 is 12.6 Å². The Kier molecular flexibility index (Phi) is 2.05. The molecule has 0 radical (unpaired) electrons. The molecule has 0 bridgehead atoms. The van der Waals surface area contributed by atoms with Crippen LogP contribution in [0.5, 0.6) is 5.88 Å². The lowest BCUT2D eigenvalue weighted by atomic mass is 10.3. The maximum absolute atomic E-state index is 10.8. The number of hydrogen-bond acceptors (Lipinski definition) is 4. The molecule has 0 unspecified atom stereocenters. The summed E-state index contributed by atoms with van der Waals surface area (Å²) in [6, 6.07) is 4.41. The number of pyridine rings is 1. The second-order valence-corrected chi connectivity index (χ2v) is 2.94. The van der Waals surface area contributed by atoms with E-state index in [1.807, 2.05) is 0 Å². The second-order valence-electron chi connectivity index (χ2n) is 2.94. The van der Waals surface area contributed by atoms with Crippen LogP contribution in [0.15, 0.2) is 18.2 Å². The predicted octanol–water partition coefficient (Wildman–Crippen LogP) is 0.230. The number of aliphatic hydroxyl groups excluding tert-OH is 1. The van der Waals surface area contributed by atoms with Gasteiger partial charge in [0.05, 0.1) is 5.52 Å². The van der Waals surface area contributed by atoms with Crippen molar-refractivity contribution in [1.82, 2.24) is 9.38 Å². The van der Waals surface area contributed by atoms with Gasteiger partial charge in [0.25, 0.3) is 0 Å². The molecule has 6 nitrogen and oxygen atoms in total. The van der Waals surface area contributed by atoms with Gasteiger partial charge in [-0.05, 0) is 12.1 Å². The van der Waals surface area contributed by atoms with Crippen molar-refractivity contribution in [2.45, 2.75) is 6.61 Å². The first-order valence-corrected chi connectivity index (χ1v) is 4.18. The van der Waals surface area contributed by atoms with E-state index in [0.717, 1.165) is 0 Å². The van der Waals surface area contributed by atoms with Gasteiger partial charge in [-0.25, -0.2) is 9.78 Å². The van der Waals surface area contributed by atoms with Crippen LogP contribution in [0.4, 0.5) is 0 Å². The monoisotopic (exact) mass is 208 g/mol. The Bertz CT molecular complexity index is 532. The standard InChI is InChI=1S/C9H8N2O4/c12-4-6-10-8(9(14)15)5-2-1-3-7(13)11(5)6/h1-3,12-13H,4H2,(H,14,15). The van der Waals surface area contributed by atoms with E-state index in [1.165, 1.54) is 22.6 Å². The number of aromatic nitrogens is 2. The molecular weight excluding hydrogens is 200 g/mol. The summed E-state index contributed by atoms with van der Waals surface area (Å²) in [5.74, 6) is -1.25. The number of aliphatic hydroxyl groups is 1. The van der Waals surface area contributed by atoms with Crippen LogP contribution in [0.2, 0.25) is 0 Å². The van der Waals surface area contributed by atoms with E-state index in [1.54, 1.807) is 0 Å². The van der Waals surface area contributed by atoms with E-state index in [0.29, 0.717) is 0 Å². The van der Waals surface area contributed by atoms with Crippen LogP contribution in [0, 0.1) is 0 Å². The van der Waals surface area contributed by atoms with Crippen LogP contribution < -0.4 is 0 Å². The third kappa shape index (κ3) is 1.31. The summed E-state index contributed by atoms with van der Waals surface area (Å²) in [6.45, 7) is -0.438. The molecule has 0 fully saturated rings. The Hall–Kier alpha value is -2.08. The fourth-order valence-corrected chi connectivity index (χ4v) is 1.45. The van der Waals surface area contributed by atoms with Crippen molar-refractivity contribution in [3.8, 4) is 5.88 Å². The number of nitrogens with zero attached hydrogens (tertiary/aromatic N) is 2. The fourth-order valence-electron chi connectivity index (χ4n) is 1.45. The molecule has 78 valence electrons. The average molecular weight is 208 g/mol. The minimum atomic E-state index is -1.20. The van der Waals surface area contributed by atoms with Crippen molar-refractivity contribution < 1.29 is 20.1 Å². The minimum absolute atomic E-state index is 0.0977. The quantitative estimate of drug-likeness (QED) is 0.656. The normalized spacial score (nSPS) is 10.7. The van der Waals surface area contributed by atoms with Gasteiger partial charge in [-0.1, -0.05) is 6.07 Å². The summed E-state index contributed by atoms with van der Waals surface area (Å²) in [4.78, 5) is 14.5. The van der Waals surface area contributed by atoms with Crippen LogP contribution in [0.25, 0.3) is 5.52 Å². The van der Waals surface area contributed by atoms with Gasteiger partial charge in [0.1, 0.15) is 12.4 Å². The number of carboxylic acids is 1. The van der Waals surface area contributed by atoms with Gasteiger partial charge in [0.2, 0.25) is 0 Å². The highest BCUT2D eigenvalue weighted by molar-refractivity contribution is 5.93. The Morgan fingerprint density at radius 3 is 2.80 bits per heavy atom. The van der Waals surface area contributed by atoms with Gasteiger partial charge < -0.3 is 15.3 Å². The highest BCUT2D eigenvalue weighted by atomic mass is 16.4. The molecule has 15 heavy (non-hydrogen) atoms. The molecule has 0 aliphatic rings.